The Balaban J connectivity index is 2.30. The largest absolute Gasteiger partial charge is 0.394 e. The Hall–Kier alpha value is -0.120. The van der Waals surface area contributed by atoms with Crippen molar-refractivity contribution in [3.05, 3.63) is 0 Å². The summed E-state index contributed by atoms with van der Waals surface area (Å²) in [6.45, 7) is 2.02. The molecule has 66 valence electrons. The Bertz CT molecular complexity index is 116. The van der Waals surface area contributed by atoms with Crippen LogP contribution in [-0.2, 0) is 4.74 Å². The third kappa shape index (κ3) is 2.15. The van der Waals surface area contributed by atoms with Gasteiger partial charge in [-0.05, 0) is 6.42 Å². The molecule has 1 aliphatic heterocycles. The first-order chi connectivity index (χ1) is 5.27. The molecule has 0 saturated carbocycles. The van der Waals surface area contributed by atoms with Gasteiger partial charge >= 0.3 is 0 Å². The average molecular weight is 160 g/mol. The Kier molecular flexibility index (Phi) is 3.30. The number of rotatable bonds is 3. The van der Waals surface area contributed by atoms with Gasteiger partial charge in [-0.15, -0.1) is 0 Å². The van der Waals surface area contributed by atoms with Crippen LogP contribution in [0, 0.1) is 0 Å². The van der Waals surface area contributed by atoms with E-state index < -0.39 is 6.10 Å². The molecular formula is C8H16O3. The zero-order chi connectivity index (χ0) is 8.27. The Morgan fingerprint density at radius 2 is 2.27 bits per heavy atom. The molecule has 1 aliphatic rings. The van der Waals surface area contributed by atoms with Crippen LogP contribution in [-0.4, -0.2) is 35.1 Å². The SMILES string of the molecule is CCC[C@H]1C[C@@H](O)[C@@H](CO)O1. The number of hydrogen-bond acceptors (Lipinski definition) is 3. The van der Waals surface area contributed by atoms with Crippen molar-refractivity contribution >= 4 is 0 Å². The van der Waals surface area contributed by atoms with Crippen molar-refractivity contribution in [1.29, 1.82) is 0 Å². The van der Waals surface area contributed by atoms with Gasteiger partial charge in [0.25, 0.3) is 0 Å². The van der Waals surface area contributed by atoms with Crippen molar-refractivity contribution < 1.29 is 14.9 Å². The number of aliphatic hydroxyl groups is 2. The van der Waals surface area contributed by atoms with Crippen LogP contribution in [0.3, 0.4) is 0 Å². The average Bonchev–Trinajstić information content (AvgIpc) is 2.32. The molecular weight excluding hydrogens is 144 g/mol. The van der Waals surface area contributed by atoms with E-state index >= 15 is 0 Å². The van der Waals surface area contributed by atoms with Gasteiger partial charge in [-0.3, -0.25) is 0 Å². The fourth-order valence-electron chi connectivity index (χ4n) is 1.49. The summed E-state index contributed by atoms with van der Waals surface area (Å²) in [6.07, 6.45) is 2.08. The highest BCUT2D eigenvalue weighted by molar-refractivity contribution is 4.80. The van der Waals surface area contributed by atoms with Gasteiger partial charge in [0.2, 0.25) is 0 Å². The molecule has 0 aromatic carbocycles. The fraction of sp³-hybridized carbons (Fsp3) is 1.00. The summed E-state index contributed by atoms with van der Waals surface area (Å²) < 4.78 is 5.36. The highest BCUT2D eigenvalue weighted by Crippen LogP contribution is 2.22. The second-order valence-corrected chi connectivity index (χ2v) is 3.07. The molecule has 1 saturated heterocycles. The molecule has 0 aromatic rings. The molecule has 1 fully saturated rings. The lowest BCUT2D eigenvalue weighted by atomic mass is 10.1. The van der Waals surface area contributed by atoms with Crippen LogP contribution < -0.4 is 0 Å². The van der Waals surface area contributed by atoms with Crippen molar-refractivity contribution in [2.75, 3.05) is 6.61 Å². The van der Waals surface area contributed by atoms with Gasteiger partial charge in [0.1, 0.15) is 6.10 Å². The Labute approximate surface area is 67.0 Å². The first-order valence-corrected chi connectivity index (χ1v) is 4.22. The van der Waals surface area contributed by atoms with Crippen LogP contribution in [0.2, 0.25) is 0 Å². The molecule has 3 nitrogen and oxygen atoms in total. The van der Waals surface area contributed by atoms with Gasteiger partial charge in [0.05, 0.1) is 18.8 Å². The highest BCUT2D eigenvalue weighted by atomic mass is 16.5. The van der Waals surface area contributed by atoms with E-state index in [0.29, 0.717) is 6.42 Å². The van der Waals surface area contributed by atoms with E-state index in [1.165, 1.54) is 0 Å². The highest BCUT2D eigenvalue weighted by Gasteiger charge is 2.32. The smallest absolute Gasteiger partial charge is 0.107 e. The predicted octanol–water partition coefficient (Wildman–Crippen LogP) is 0.297. The molecule has 1 heterocycles. The minimum atomic E-state index is -0.462. The summed E-state index contributed by atoms with van der Waals surface area (Å²) in [4.78, 5) is 0. The fourth-order valence-corrected chi connectivity index (χ4v) is 1.49. The van der Waals surface area contributed by atoms with Gasteiger partial charge in [0.15, 0.2) is 0 Å². The summed E-state index contributed by atoms with van der Waals surface area (Å²) in [5, 5.41) is 18.0. The van der Waals surface area contributed by atoms with Crippen LogP contribution in [0.4, 0.5) is 0 Å². The van der Waals surface area contributed by atoms with Gasteiger partial charge in [-0.1, -0.05) is 13.3 Å². The van der Waals surface area contributed by atoms with Gasteiger partial charge in [-0.25, -0.2) is 0 Å². The van der Waals surface area contributed by atoms with E-state index in [1.807, 2.05) is 0 Å². The Morgan fingerprint density at radius 1 is 1.55 bits per heavy atom. The maximum absolute atomic E-state index is 9.30. The summed E-state index contributed by atoms with van der Waals surface area (Å²) in [5.41, 5.74) is 0. The van der Waals surface area contributed by atoms with Gasteiger partial charge in [-0.2, -0.15) is 0 Å². The normalized spacial score (nSPS) is 37.9. The van der Waals surface area contributed by atoms with Gasteiger partial charge < -0.3 is 14.9 Å². The summed E-state index contributed by atoms with van der Waals surface area (Å²) in [7, 11) is 0. The molecule has 1 rings (SSSR count). The van der Waals surface area contributed by atoms with E-state index in [4.69, 9.17) is 9.84 Å². The summed E-state index contributed by atoms with van der Waals surface area (Å²) in [6, 6.07) is 0. The first kappa shape index (κ1) is 8.97. The summed E-state index contributed by atoms with van der Waals surface area (Å²) >= 11 is 0. The maximum atomic E-state index is 9.30. The van der Waals surface area contributed by atoms with Crippen LogP contribution >= 0.6 is 0 Å². The third-order valence-corrected chi connectivity index (χ3v) is 2.09. The lowest BCUT2D eigenvalue weighted by Crippen LogP contribution is -2.24. The van der Waals surface area contributed by atoms with Crippen molar-refractivity contribution in [3.63, 3.8) is 0 Å². The van der Waals surface area contributed by atoms with E-state index in [1.54, 1.807) is 0 Å². The van der Waals surface area contributed by atoms with E-state index in [9.17, 15) is 5.11 Å². The molecule has 2 N–H and O–H groups in total. The van der Waals surface area contributed by atoms with Crippen LogP contribution in [0.15, 0.2) is 0 Å². The monoisotopic (exact) mass is 160 g/mol. The van der Waals surface area contributed by atoms with E-state index in [2.05, 4.69) is 6.92 Å². The lowest BCUT2D eigenvalue weighted by Gasteiger charge is -2.10. The molecule has 0 spiro atoms. The second-order valence-electron chi connectivity index (χ2n) is 3.07. The predicted molar refractivity (Wildman–Crippen MR) is 41.3 cm³/mol. The molecule has 0 aromatic heterocycles. The topological polar surface area (TPSA) is 49.7 Å². The molecule has 0 unspecified atom stereocenters. The minimum Gasteiger partial charge on any atom is -0.394 e. The van der Waals surface area contributed by atoms with Crippen molar-refractivity contribution in [1.82, 2.24) is 0 Å². The molecule has 0 bridgehead atoms. The van der Waals surface area contributed by atoms with Crippen LogP contribution in [0.25, 0.3) is 0 Å². The van der Waals surface area contributed by atoms with Gasteiger partial charge in [0, 0.05) is 6.42 Å². The quantitative estimate of drug-likeness (QED) is 0.624. The molecule has 3 heteroatoms. The lowest BCUT2D eigenvalue weighted by molar-refractivity contribution is -0.0237. The number of ether oxygens (including phenoxy) is 1. The second kappa shape index (κ2) is 4.04. The van der Waals surface area contributed by atoms with Crippen molar-refractivity contribution in [3.8, 4) is 0 Å². The molecule has 0 amide bonds. The molecule has 0 aliphatic carbocycles. The van der Waals surface area contributed by atoms with E-state index in [-0.39, 0.29) is 18.8 Å². The molecule has 11 heavy (non-hydrogen) atoms. The van der Waals surface area contributed by atoms with Crippen LogP contribution in [0.1, 0.15) is 26.2 Å². The Morgan fingerprint density at radius 3 is 2.73 bits per heavy atom. The third-order valence-electron chi connectivity index (χ3n) is 2.09. The number of hydrogen-bond donors (Lipinski definition) is 2. The zero-order valence-electron chi connectivity index (χ0n) is 6.86. The minimum absolute atomic E-state index is 0.0681. The zero-order valence-corrected chi connectivity index (χ0v) is 6.86. The van der Waals surface area contributed by atoms with Crippen LogP contribution in [0.5, 0.6) is 0 Å². The molecule has 3 atom stereocenters. The standard InChI is InChI=1S/C8H16O3/c1-2-3-6-4-7(10)8(5-9)11-6/h6-10H,2-5H2,1H3/t6-,7+,8+/m0/s1. The summed E-state index contributed by atoms with van der Waals surface area (Å²) in [5.74, 6) is 0. The van der Waals surface area contributed by atoms with Crippen molar-refractivity contribution in [2.45, 2.75) is 44.5 Å². The first-order valence-electron chi connectivity index (χ1n) is 4.22. The van der Waals surface area contributed by atoms with Crippen molar-refractivity contribution in [2.24, 2.45) is 0 Å². The molecule has 0 radical (unpaired) electrons. The number of aliphatic hydroxyl groups excluding tert-OH is 2. The van der Waals surface area contributed by atoms with E-state index in [0.717, 1.165) is 12.8 Å². The maximum Gasteiger partial charge on any atom is 0.107 e.